The Balaban J connectivity index is 3.09. The highest BCUT2D eigenvalue weighted by atomic mass is 79.9. The largest absolute Gasteiger partial charge is 0.230 e. The van der Waals surface area contributed by atoms with Gasteiger partial charge in [0.15, 0.2) is 5.08 Å². The van der Waals surface area contributed by atoms with Gasteiger partial charge in [-0.05, 0) is 28.1 Å². The van der Waals surface area contributed by atoms with E-state index < -0.39 is 16.7 Å². The van der Waals surface area contributed by atoms with Gasteiger partial charge in [0.1, 0.15) is 11.6 Å². The third-order valence-electron chi connectivity index (χ3n) is 1.20. The summed E-state index contributed by atoms with van der Waals surface area (Å²) >= 11 is 2.53. The molecule has 11 heavy (non-hydrogen) atoms. The fraction of sp³-hybridized carbons (Fsp3) is 0.143. The monoisotopic (exact) mass is 224 g/mol. The Hall–Kier alpha value is -0.510. The van der Waals surface area contributed by atoms with Crippen LogP contribution < -0.4 is 0 Å². The van der Waals surface area contributed by atoms with Crippen LogP contribution in [-0.4, -0.2) is 0 Å². The van der Waals surface area contributed by atoms with Crippen molar-refractivity contribution in [3.05, 3.63) is 35.4 Å². The lowest BCUT2D eigenvalue weighted by Gasteiger charge is -2.00. The molecule has 0 spiro atoms. The van der Waals surface area contributed by atoms with Crippen LogP contribution in [0.3, 0.4) is 0 Å². The van der Waals surface area contributed by atoms with E-state index in [0.717, 1.165) is 12.1 Å². The van der Waals surface area contributed by atoms with Crippen LogP contribution in [0.5, 0.6) is 0 Å². The predicted octanol–water partition coefficient (Wildman–Crippen LogP) is 3.33. The van der Waals surface area contributed by atoms with Crippen molar-refractivity contribution in [2.75, 3.05) is 0 Å². The molecule has 0 radical (unpaired) electrons. The van der Waals surface area contributed by atoms with Crippen molar-refractivity contribution in [3.63, 3.8) is 0 Å². The van der Waals surface area contributed by atoms with Crippen LogP contribution in [-0.2, 0) is 0 Å². The van der Waals surface area contributed by atoms with E-state index in [2.05, 4.69) is 15.9 Å². The maximum Gasteiger partial charge on any atom is 0.182 e. The van der Waals surface area contributed by atoms with Gasteiger partial charge in [-0.25, -0.2) is 13.2 Å². The van der Waals surface area contributed by atoms with E-state index in [1.807, 2.05) is 0 Å². The summed E-state index contributed by atoms with van der Waals surface area (Å²) in [6, 6.07) is 2.71. The van der Waals surface area contributed by atoms with Crippen LogP contribution in [0, 0.1) is 11.6 Å². The van der Waals surface area contributed by atoms with Gasteiger partial charge in [-0.15, -0.1) is 0 Å². The average molecular weight is 225 g/mol. The summed E-state index contributed by atoms with van der Waals surface area (Å²) < 4.78 is 37.2. The molecule has 0 aliphatic carbocycles. The van der Waals surface area contributed by atoms with E-state index in [1.165, 1.54) is 0 Å². The minimum absolute atomic E-state index is 0.189. The quantitative estimate of drug-likeness (QED) is 0.643. The summed E-state index contributed by atoms with van der Waals surface area (Å²) in [6.07, 6.45) is 0. The molecule has 0 heterocycles. The highest BCUT2D eigenvalue weighted by Gasteiger charge is 2.10. The highest BCUT2D eigenvalue weighted by molar-refractivity contribution is 9.09. The van der Waals surface area contributed by atoms with Gasteiger partial charge in [-0.2, -0.15) is 0 Å². The van der Waals surface area contributed by atoms with Crippen LogP contribution in [0.1, 0.15) is 10.6 Å². The van der Waals surface area contributed by atoms with Crippen LogP contribution in [0.25, 0.3) is 0 Å². The normalized spacial score (nSPS) is 13.1. The smallest absolute Gasteiger partial charge is 0.182 e. The number of hydrogen-bond donors (Lipinski definition) is 0. The van der Waals surface area contributed by atoms with Gasteiger partial charge < -0.3 is 0 Å². The first-order chi connectivity index (χ1) is 5.11. The second kappa shape index (κ2) is 3.26. The fourth-order valence-electron chi connectivity index (χ4n) is 0.678. The summed E-state index contributed by atoms with van der Waals surface area (Å²) in [5.74, 6) is -1.59. The first-order valence-electron chi connectivity index (χ1n) is 2.84. The summed E-state index contributed by atoms with van der Waals surface area (Å²) in [4.78, 5) is 0. The van der Waals surface area contributed by atoms with Crippen LogP contribution in [0.15, 0.2) is 18.2 Å². The number of hydrogen-bond acceptors (Lipinski definition) is 0. The molecule has 0 saturated carbocycles. The third kappa shape index (κ3) is 1.96. The lowest BCUT2D eigenvalue weighted by Crippen LogP contribution is -1.89. The number of alkyl halides is 2. The maximum absolute atomic E-state index is 12.6. The zero-order valence-electron chi connectivity index (χ0n) is 5.32. The molecular formula is C7H4BrF3. The van der Waals surface area contributed by atoms with Crippen LogP contribution >= 0.6 is 15.9 Å². The SMILES string of the molecule is Fc1ccc(C(F)Br)c(F)c1. The van der Waals surface area contributed by atoms with E-state index in [0.29, 0.717) is 6.07 Å². The molecule has 0 amide bonds. The number of benzene rings is 1. The molecule has 0 saturated heterocycles. The van der Waals surface area contributed by atoms with Crippen molar-refractivity contribution in [1.29, 1.82) is 0 Å². The summed E-state index contributed by atoms with van der Waals surface area (Å²) in [7, 11) is 0. The first kappa shape index (κ1) is 8.59. The summed E-state index contributed by atoms with van der Waals surface area (Å²) in [5, 5.41) is -1.58. The molecule has 4 heteroatoms. The zero-order valence-corrected chi connectivity index (χ0v) is 6.91. The van der Waals surface area contributed by atoms with Crippen LogP contribution in [0.2, 0.25) is 0 Å². The summed E-state index contributed by atoms with van der Waals surface area (Å²) in [6.45, 7) is 0. The van der Waals surface area contributed by atoms with Crippen molar-refractivity contribution in [2.45, 2.75) is 5.08 Å². The van der Waals surface area contributed by atoms with Crippen molar-refractivity contribution in [2.24, 2.45) is 0 Å². The molecule has 0 aliphatic rings. The Morgan fingerprint density at radius 2 is 1.91 bits per heavy atom. The van der Waals surface area contributed by atoms with E-state index in [9.17, 15) is 13.2 Å². The van der Waals surface area contributed by atoms with Crippen molar-refractivity contribution < 1.29 is 13.2 Å². The molecule has 1 atom stereocenters. The van der Waals surface area contributed by atoms with Crippen LogP contribution in [0.4, 0.5) is 13.2 Å². The minimum Gasteiger partial charge on any atom is -0.230 e. The molecule has 0 N–H and O–H groups in total. The minimum atomic E-state index is -1.58. The Bertz CT molecular complexity index is 260. The number of halogens is 4. The van der Waals surface area contributed by atoms with Crippen molar-refractivity contribution >= 4 is 15.9 Å². The number of rotatable bonds is 1. The van der Waals surface area contributed by atoms with E-state index in [-0.39, 0.29) is 5.56 Å². The maximum atomic E-state index is 12.6. The van der Waals surface area contributed by atoms with Crippen molar-refractivity contribution in [1.82, 2.24) is 0 Å². The molecule has 0 aromatic heterocycles. The molecule has 60 valence electrons. The Morgan fingerprint density at radius 1 is 1.27 bits per heavy atom. The van der Waals surface area contributed by atoms with Gasteiger partial charge >= 0.3 is 0 Å². The average Bonchev–Trinajstić information content (AvgIpc) is 1.85. The second-order valence-corrected chi connectivity index (χ2v) is 2.77. The lowest BCUT2D eigenvalue weighted by molar-refractivity contribution is 0.455. The van der Waals surface area contributed by atoms with Gasteiger partial charge in [0.2, 0.25) is 0 Å². The third-order valence-corrected chi connectivity index (χ3v) is 1.69. The van der Waals surface area contributed by atoms with Gasteiger partial charge in [0, 0.05) is 11.6 Å². The molecule has 0 bridgehead atoms. The van der Waals surface area contributed by atoms with Gasteiger partial charge in [-0.1, -0.05) is 0 Å². The lowest BCUT2D eigenvalue weighted by atomic mass is 10.2. The van der Waals surface area contributed by atoms with Gasteiger partial charge in [0.05, 0.1) is 0 Å². The first-order valence-corrected chi connectivity index (χ1v) is 3.76. The molecular weight excluding hydrogens is 221 g/mol. The Labute approximate surface area is 70.2 Å². The molecule has 0 nitrogen and oxygen atoms in total. The molecule has 1 rings (SSSR count). The molecule has 0 fully saturated rings. The van der Waals surface area contributed by atoms with E-state index in [1.54, 1.807) is 0 Å². The summed E-state index contributed by atoms with van der Waals surface area (Å²) in [5.41, 5.74) is -0.189. The topological polar surface area (TPSA) is 0 Å². The Morgan fingerprint density at radius 3 is 2.36 bits per heavy atom. The van der Waals surface area contributed by atoms with Gasteiger partial charge in [-0.3, -0.25) is 0 Å². The predicted molar refractivity (Wildman–Crippen MR) is 39.1 cm³/mol. The zero-order chi connectivity index (χ0) is 8.43. The second-order valence-electron chi connectivity index (χ2n) is 1.97. The molecule has 1 aromatic rings. The molecule has 1 unspecified atom stereocenters. The van der Waals surface area contributed by atoms with Gasteiger partial charge in [0.25, 0.3) is 0 Å². The highest BCUT2D eigenvalue weighted by Crippen LogP contribution is 2.26. The molecule has 1 aromatic carbocycles. The fourth-order valence-corrected chi connectivity index (χ4v) is 1.05. The van der Waals surface area contributed by atoms with Crippen molar-refractivity contribution in [3.8, 4) is 0 Å². The van der Waals surface area contributed by atoms with E-state index >= 15 is 0 Å². The molecule has 0 aliphatic heterocycles. The van der Waals surface area contributed by atoms with E-state index in [4.69, 9.17) is 0 Å². The Kier molecular flexibility index (Phi) is 2.54. The standard InChI is InChI=1S/C7H4BrF3/c8-7(11)5-2-1-4(9)3-6(5)10/h1-3,7H.